The molecule has 11 nitrogen and oxygen atoms in total. The van der Waals surface area contributed by atoms with Gasteiger partial charge in [0.25, 0.3) is 0 Å². The minimum absolute atomic E-state index is 0.0664. The lowest BCUT2D eigenvalue weighted by Gasteiger charge is -2.51. The van der Waals surface area contributed by atoms with Crippen molar-refractivity contribution >= 4 is 34.8 Å². The first-order valence-corrected chi connectivity index (χ1v) is 11.4. The Morgan fingerprint density at radius 3 is 2.64 bits per heavy atom. The third-order valence-electron chi connectivity index (χ3n) is 7.39. The highest BCUT2D eigenvalue weighted by Gasteiger charge is 2.66. The van der Waals surface area contributed by atoms with Gasteiger partial charge >= 0.3 is 0 Å². The van der Waals surface area contributed by atoms with E-state index in [1.54, 1.807) is 11.9 Å². The maximum Gasteiger partial charge on any atom is 0.238 e. The summed E-state index contributed by atoms with van der Waals surface area (Å²) in [5.74, 6) is -3.60. The molecular weight excluding hydrogens is 470 g/mol. The predicted molar refractivity (Wildman–Crippen MR) is 126 cm³/mol. The number of nitrogens with zero attached hydrogens (tertiary/aromatic N) is 1. The van der Waals surface area contributed by atoms with Crippen LogP contribution in [0.25, 0.3) is 5.76 Å². The van der Waals surface area contributed by atoms with Crippen LogP contribution in [0.3, 0.4) is 0 Å². The van der Waals surface area contributed by atoms with E-state index in [2.05, 4.69) is 11.2 Å². The smallest absolute Gasteiger partial charge is 0.238 e. The highest BCUT2D eigenvalue weighted by Crippen LogP contribution is 2.57. The van der Waals surface area contributed by atoms with Gasteiger partial charge in [0.15, 0.2) is 11.4 Å². The molecule has 0 heterocycles. The molecule has 0 radical (unpaired) electrons. The van der Waals surface area contributed by atoms with Crippen LogP contribution in [0.15, 0.2) is 17.7 Å². The lowest BCUT2D eigenvalue weighted by molar-refractivity contribution is -0.171. The molecular formula is C25H27N3O8. The first-order valence-electron chi connectivity index (χ1n) is 11.4. The van der Waals surface area contributed by atoms with Crippen LogP contribution in [-0.2, 0) is 25.6 Å². The fourth-order valence-electron chi connectivity index (χ4n) is 5.70. The molecule has 2 saturated carbocycles. The first-order chi connectivity index (χ1) is 16.9. The number of aromatic hydroxyl groups is 1. The van der Waals surface area contributed by atoms with Crippen LogP contribution < -0.4 is 11.1 Å². The third-order valence-corrected chi connectivity index (χ3v) is 7.39. The number of primary amides is 1. The number of nitrogens with one attached hydrogen (secondary N) is 1. The highest BCUT2D eigenvalue weighted by molar-refractivity contribution is 6.24. The van der Waals surface area contributed by atoms with Gasteiger partial charge in [0, 0.05) is 12.3 Å². The molecule has 4 unspecified atom stereocenters. The van der Waals surface area contributed by atoms with Gasteiger partial charge in [-0.05, 0) is 37.9 Å². The lowest BCUT2D eigenvalue weighted by Crippen LogP contribution is -2.66. The summed E-state index contributed by atoms with van der Waals surface area (Å²) < 4.78 is 0. The number of carbonyl (C=O) groups is 4. The number of phenolic OH excluding ortho intramolecular Hbond substituents is 1. The molecule has 7 N–H and O–H groups in total. The molecule has 11 heteroatoms. The van der Waals surface area contributed by atoms with Crippen molar-refractivity contribution in [1.29, 1.82) is 0 Å². The Labute approximate surface area is 206 Å². The number of carbonyl (C=O) groups excluding carboxylic acids is 4. The topological polar surface area (TPSA) is 190 Å². The summed E-state index contributed by atoms with van der Waals surface area (Å²) in [7, 11) is 1.63. The van der Waals surface area contributed by atoms with E-state index in [9.17, 15) is 39.6 Å². The molecule has 0 saturated heterocycles. The second-order valence-corrected chi connectivity index (χ2v) is 9.78. The van der Waals surface area contributed by atoms with Crippen molar-refractivity contribution in [3.63, 3.8) is 0 Å². The molecule has 1 aromatic carbocycles. The Morgan fingerprint density at radius 1 is 1.31 bits per heavy atom. The molecule has 3 aliphatic carbocycles. The van der Waals surface area contributed by atoms with Crippen LogP contribution in [0.1, 0.15) is 30.4 Å². The second-order valence-electron chi connectivity index (χ2n) is 9.78. The SMILES string of the molecule is C#CCN(C)CC(=O)Nc1ccc2c(c1O)C(O)=C1C(=O)C3(O)C(=O)CC(O)CC3CC1(C(N)=O)C2. The van der Waals surface area contributed by atoms with Crippen molar-refractivity contribution < 1.29 is 39.6 Å². The maximum atomic E-state index is 13.6. The Morgan fingerprint density at radius 2 is 2.00 bits per heavy atom. The number of phenols is 1. The number of Topliss-reactive ketones (excluding diaryl/α,β-unsaturated/α-hetero) is 2. The zero-order valence-corrected chi connectivity index (χ0v) is 19.6. The molecule has 0 spiro atoms. The number of aliphatic hydroxyl groups is 3. The van der Waals surface area contributed by atoms with E-state index in [1.807, 2.05) is 0 Å². The summed E-state index contributed by atoms with van der Waals surface area (Å²) in [5, 5.41) is 45.9. The molecule has 3 aliphatic rings. The van der Waals surface area contributed by atoms with E-state index in [-0.39, 0.29) is 49.2 Å². The van der Waals surface area contributed by atoms with E-state index in [4.69, 9.17) is 12.2 Å². The van der Waals surface area contributed by atoms with Gasteiger partial charge in [-0.1, -0.05) is 12.0 Å². The van der Waals surface area contributed by atoms with Crippen LogP contribution in [0, 0.1) is 23.7 Å². The highest BCUT2D eigenvalue weighted by atomic mass is 16.3. The maximum absolute atomic E-state index is 13.6. The molecule has 2 fully saturated rings. The number of rotatable bonds is 5. The van der Waals surface area contributed by atoms with Crippen molar-refractivity contribution in [2.24, 2.45) is 17.1 Å². The largest absolute Gasteiger partial charge is 0.507 e. The summed E-state index contributed by atoms with van der Waals surface area (Å²) in [5.41, 5.74) is 0.862. The third kappa shape index (κ3) is 3.65. The Bertz CT molecular complexity index is 1260. The van der Waals surface area contributed by atoms with Gasteiger partial charge in [-0.15, -0.1) is 6.42 Å². The van der Waals surface area contributed by atoms with Crippen LogP contribution in [0.4, 0.5) is 5.69 Å². The van der Waals surface area contributed by atoms with Crippen molar-refractivity contribution in [2.75, 3.05) is 25.5 Å². The monoisotopic (exact) mass is 497 g/mol. The average molecular weight is 498 g/mol. The Hall–Kier alpha value is -3.72. The normalized spacial score (nSPS) is 29.2. The summed E-state index contributed by atoms with van der Waals surface area (Å²) in [6.45, 7) is 0.132. The number of benzene rings is 1. The number of terminal acetylenes is 1. The molecule has 0 bridgehead atoms. The zero-order chi connectivity index (χ0) is 26.6. The minimum atomic E-state index is -2.54. The predicted octanol–water partition coefficient (Wildman–Crippen LogP) is -0.763. The number of aliphatic hydroxyl groups excluding tert-OH is 2. The second kappa shape index (κ2) is 8.74. The minimum Gasteiger partial charge on any atom is -0.507 e. The molecule has 0 aromatic heterocycles. The number of nitrogens with two attached hydrogens (primary N) is 1. The van der Waals surface area contributed by atoms with Gasteiger partial charge < -0.3 is 31.5 Å². The molecule has 0 aliphatic heterocycles. The molecule has 36 heavy (non-hydrogen) atoms. The number of hydrogen-bond acceptors (Lipinski definition) is 9. The summed E-state index contributed by atoms with van der Waals surface area (Å²) >= 11 is 0. The van der Waals surface area contributed by atoms with Crippen LogP contribution in [0.5, 0.6) is 5.75 Å². The quantitative estimate of drug-likeness (QED) is 0.172. The van der Waals surface area contributed by atoms with Crippen LogP contribution in [-0.4, -0.2) is 80.5 Å². The van der Waals surface area contributed by atoms with E-state index in [1.165, 1.54) is 12.1 Å². The number of hydrogen-bond donors (Lipinski definition) is 6. The van der Waals surface area contributed by atoms with E-state index in [0.717, 1.165) is 0 Å². The number of ketones is 2. The van der Waals surface area contributed by atoms with E-state index in [0.29, 0.717) is 0 Å². The number of amides is 2. The molecule has 190 valence electrons. The summed E-state index contributed by atoms with van der Waals surface area (Å²) in [6.07, 6.45) is 3.12. The number of likely N-dealkylation sites (N-methyl/N-ethyl adjacent to an activating group) is 1. The van der Waals surface area contributed by atoms with Crippen molar-refractivity contribution in [1.82, 2.24) is 4.90 Å². The fraction of sp³-hybridized carbons (Fsp3) is 0.440. The van der Waals surface area contributed by atoms with Gasteiger partial charge in [0.2, 0.25) is 17.6 Å². The molecule has 4 atom stereocenters. The molecule has 2 amide bonds. The summed E-state index contributed by atoms with van der Waals surface area (Å²) in [6, 6.07) is 2.86. The average Bonchev–Trinajstić information content (AvgIpc) is 2.77. The Kier molecular flexibility index (Phi) is 6.16. The van der Waals surface area contributed by atoms with E-state index >= 15 is 0 Å². The van der Waals surface area contributed by atoms with Gasteiger partial charge in [0.1, 0.15) is 11.5 Å². The van der Waals surface area contributed by atoms with Gasteiger partial charge in [-0.25, -0.2) is 0 Å². The van der Waals surface area contributed by atoms with Gasteiger partial charge in [-0.2, -0.15) is 0 Å². The Balaban J connectivity index is 1.81. The van der Waals surface area contributed by atoms with Crippen LogP contribution in [0.2, 0.25) is 0 Å². The summed E-state index contributed by atoms with van der Waals surface area (Å²) in [4.78, 5) is 52.9. The van der Waals surface area contributed by atoms with E-state index < -0.39 is 69.9 Å². The molecule has 1 aromatic rings. The first kappa shape index (κ1) is 25.4. The zero-order valence-electron chi connectivity index (χ0n) is 19.6. The molecule has 4 rings (SSSR count). The van der Waals surface area contributed by atoms with Crippen molar-refractivity contribution in [2.45, 2.75) is 37.4 Å². The van der Waals surface area contributed by atoms with Gasteiger partial charge in [0.05, 0.1) is 41.4 Å². The standard InChI is InChI=1S/C25H27N3O8/c1-3-6-28(2)11-17(31)27-15-5-4-12-9-24(23(26)35)10-13-7-14(29)8-16(30)25(13,36)22(34)19(24)21(33)18(12)20(15)32/h1,4-5,13-14,29,32-33,36H,6-11H2,2H3,(H2,26,35)(H,27,31). The van der Waals surface area contributed by atoms with Crippen molar-refractivity contribution in [3.05, 3.63) is 28.8 Å². The van der Waals surface area contributed by atoms with Gasteiger partial charge in [-0.3, -0.25) is 24.1 Å². The van der Waals surface area contributed by atoms with Crippen LogP contribution >= 0.6 is 0 Å². The number of anilines is 1. The number of fused-ring (bicyclic) bond motifs is 3. The lowest BCUT2D eigenvalue weighted by atomic mass is 9.52. The van der Waals surface area contributed by atoms with Crippen molar-refractivity contribution in [3.8, 4) is 18.1 Å². The fourth-order valence-corrected chi connectivity index (χ4v) is 5.70.